The van der Waals surface area contributed by atoms with Crippen molar-refractivity contribution in [2.24, 2.45) is 11.8 Å². The zero-order chi connectivity index (χ0) is 27.7. The van der Waals surface area contributed by atoms with E-state index in [4.69, 9.17) is 0 Å². The van der Waals surface area contributed by atoms with Crippen LogP contribution in [-0.4, -0.2) is 54.4 Å². The monoisotopic (exact) mass is 553 g/mol. The highest BCUT2D eigenvalue weighted by Gasteiger charge is 2.41. The minimum atomic E-state index is -4.11. The molecular weight excluding hydrogens is 519 g/mol. The molecular formula is C27H34F3N3O4S. The highest BCUT2D eigenvalue weighted by molar-refractivity contribution is 7.91. The number of alkyl halides is 3. The van der Waals surface area contributed by atoms with Crippen molar-refractivity contribution in [2.45, 2.75) is 69.2 Å². The van der Waals surface area contributed by atoms with Gasteiger partial charge >= 0.3 is 6.18 Å². The highest BCUT2D eigenvalue weighted by atomic mass is 32.2. The van der Waals surface area contributed by atoms with Crippen LogP contribution in [0, 0.1) is 11.8 Å². The second kappa shape index (κ2) is 10.9. The van der Waals surface area contributed by atoms with Gasteiger partial charge in [0.1, 0.15) is 0 Å². The minimum absolute atomic E-state index is 0.0255. The molecule has 1 fully saturated rings. The number of aliphatic hydroxyl groups is 1. The summed E-state index contributed by atoms with van der Waals surface area (Å²) in [5.74, 6) is -1.42. The summed E-state index contributed by atoms with van der Waals surface area (Å²) in [6.07, 6.45) is -1.15. The molecule has 7 nitrogen and oxygen atoms in total. The van der Waals surface area contributed by atoms with Crippen LogP contribution in [-0.2, 0) is 28.5 Å². The van der Waals surface area contributed by atoms with Gasteiger partial charge in [-0.2, -0.15) is 13.2 Å². The predicted octanol–water partition coefficient (Wildman–Crippen LogP) is 4.20. The van der Waals surface area contributed by atoms with Crippen LogP contribution >= 0.6 is 0 Å². The number of pyridine rings is 1. The topological polar surface area (TPSA) is 99.6 Å². The Morgan fingerprint density at radius 1 is 1.13 bits per heavy atom. The molecule has 11 heteroatoms. The first-order chi connectivity index (χ1) is 17.8. The van der Waals surface area contributed by atoms with E-state index in [2.05, 4.69) is 15.2 Å². The molecule has 1 aromatic carbocycles. The molecule has 1 amide bonds. The molecule has 1 unspecified atom stereocenters. The average molecular weight is 554 g/mol. The summed E-state index contributed by atoms with van der Waals surface area (Å²) in [6.45, 7) is 4.69. The van der Waals surface area contributed by atoms with E-state index in [1.807, 2.05) is 0 Å². The number of halogens is 3. The van der Waals surface area contributed by atoms with E-state index in [0.717, 1.165) is 11.3 Å². The number of hydrogen-bond acceptors (Lipinski definition) is 6. The van der Waals surface area contributed by atoms with E-state index in [-0.39, 0.29) is 29.4 Å². The fourth-order valence-electron chi connectivity index (χ4n) is 5.34. The van der Waals surface area contributed by atoms with Crippen molar-refractivity contribution in [1.82, 2.24) is 15.2 Å². The molecule has 1 aliphatic heterocycles. The number of nitrogens with zero attached hydrogens (tertiary/aromatic N) is 2. The van der Waals surface area contributed by atoms with Gasteiger partial charge in [-0.15, -0.1) is 0 Å². The first kappa shape index (κ1) is 28.5. The molecule has 0 bridgehead atoms. The number of nitrogens with one attached hydrogen (secondary N) is 1. The molecule has 2 N–H and O–H groups in total. The molecule has 2 heterocycles. The van der Waals surface area contributed by atoms with Crippen molar-refractivity contribution in [1.29, 1.82) is 0 Å². The zero-order valence-electron chi connectivity index (χ0n) is 21.6. The molecule has 1 aliphatic carbocycles. The van der Waals surface area contributed by atoms with Gasteiger partial charge in [-0.1, -0.05) is 19.1 Å². The molecule has 1 atom stereocenters. The third-order valence-electron chi connectivity index (χ3n) is 7.85. The number of fused-ring (bicyclic) bond motifs is 1. The summed E-state index contributed by atoms with van der Waals surface area (Å²) in [5.41, 5.74) is 1.50. The van der Waals surface area contributed by atoms with Gasteiger partial charge in [0.05, 0.1) is 40.0 Å². The first-order valence-corrected chi connectivity index (χ1v) is 14.5. The molecule has 0 radical (unpaired) electrons. The number of amides is 1. The van der Waals surface area contributed by atoms with Gasteiger partial charge in [0.2, 0.25) is 0 Å². The van der Waals surface area contributed by atoms with Crippen molar-refractivity contribution in [3.8, 4) is 0 Å². The Kier molecular flexibility index (Phi) is 8.20. The molecule has 2 aromatic rings. The predicted molar refractivity (Wildman–Crippen MR) is 136 cm³/mol. The number of aromatic nitrogens is 1. The second-order valence-corrected chi connectivity index (χ2v) is 12.9. The van der Waals surface area contributed by atoms with Gasteiger partial charge in [-0.05, 0) is 67.9 Å². The molecule has 1 aromatic heterocycles. The Hall–Kier alpha value is -2.50. The van der Waals surface area contributed by atoms with Gasteiger partial charge in [0.15, 0.2) is 9.84 Å². The first-order valence-electron chi connectivity index (χ1n) is 12.9. The van der Waals surface area contributed by atoms with E-state index in [0.29, 0.717) is 43.6 Å². The Balaban J connectivity index is 1.38. The largest absolute Gasteiger partial charge is 0.394 e. The summed E-state index contributed by atoms with van der Waals surface area (Å²) >= 11 is 0. The van der Waals surface area contributed by atoms with Gasteiger partial charge in [0, 0.05) is 25.8 Å². The maximum Gasteiger partial charge on any atom is 0.391 e. The summed E-state index contributed by atoms with van der Waals surface area (Å²) < 4.78 is 63.1. The summed E-state index contributed by atoms with van der Waals surface area (Å²) in [4.78, 5) is 19.9. The minimum Gasteiger partial charge on any atom is -0.394 e. The molecule has 38 heavy (non-hydrogen) atoms. The molecule has 208 valence electrons. The Bertz CT molecular complexity index is 1260. The maximum atomic E-state index is 13.1. The van der Waals surface area contributed by atoms with Crippen LogP contribution in [0.1, 0.15) is 66.7 Å². The SMILES string of the molecule is CCS(=O)(=O)c1ccc(C(C)(CO)NC(=O)c2cnc3c(c2)CN(CC2CCC(C(F)(F)F)CC2)C3)cc1. The number of carbonyl (C=O) groups is 1. The lowest BCUT2D eigenvalue weighted by atomic mass is 9.81. The fraction of sp³-hybridized carbons (Fsp3) is 0.556. The summed E-state index contributed by atoms with van der Waals surface area (Å²) in [6, 6.07) is 7.87. The van der Waals surface area contributed by atoms with Gasteiger partial charge in [0.25, 0.3) is 5.91 Å². The summed E-state index contributed by atoms with van der Waals surface area (Å²) in [7, 11) is -3.37. The van der Waals surface area contributed by atoms with Crippen molar-refractivity contribution in [3.05, 3.63) is 58.9 Å². The lowest BCUT2D eigenvalue weighted by molar-refractivity contribution is -0.184. The molecule has 1 saturated carbocycles. The Morgan fingerprint density at radius 2 is 1.79 bits per heavy atom. The highest BCUT2D eigenvalue weighted by Crippen LogP contribution is 2.40. The third kappa shape index (κ3) is 6.21. The number of aliphatic hydroxyl groups excluding tert-OH is 1. The smallest absolute Gasteiger partial charge is 0.391 e. The van der Waals surface area contributed by atoms with Crippen LogP contribution in [0.15, 0.2) is 41.4 Å². The lowest BCUT2D eigenvalue weighted by Crippen LogP contribution is -2.46. The molecule has 4 rings (SSSR count). The van der Waals surface area contributed by atoms with Gasteiger partial charge in [-0.3, -0.25) is 14.7 Å². The van der Waals surface area contributed by atoms with E-state index in [1.54, 1.807) is 32.0 Å². The van der Waals surface area contributed by atoms with Crippen LogP contribution in [0.5, 0.6) is 0 Å². The lowest BCUT2D eigenvalue weighted by Gasteiger charge is -2.32. The Labute approximate surface area is 221 Å². The normalized spacial score (nSPS) is 22.1. The van der Waals surface area contributed by atoms with E-state index in [1.165, 1.54) is 18.3 Å². The second-order valence-electron chi connectivity index (χ2n) is 10.6. The van der Waals surface area contributed by atoms with E-state index in [9.17, 15) is 31.5 Å². The van der Waals surface area contributed by atoms with Gasteiger partial charge < -0.3 is 10.4 Å². The third-order valence-corrected chi connectivity index (χ3v) is 9.60. The van der Waals surface area contributed by atoms with E-state index >= 15 is 0 Å². The zero-order valence-corrected chi connectivity index (χ0v) is 22.4. The molecule has 0 spiro atoms. The van der Waals surface area contributed by atoms with Crippen molar-refractivity contribution in [2.75, 3.05) is 18.9 Å². The van der Waals surface area contributed by atoms with Crippen LogP contribution in [0.4, 0.5) is 13.2 Å². The van der Waals surface area contributed by atoms with Crippen LogP contribution in [0.3, 0.4) is 0 Å². The van der Waals surface area contributed by atoms with Crippen LogP contribution in [0.2, 0.25) is 0 Å². The average Bonchev–Trinajstić information content (AvgIpc) is 3.30. The number of carbonyl (C=O) groups excluding carboxylic acids is 1. The van der Waals surface area contributed by atoms with Crippen molar-refractivity contribution < 1.29 is 31.5 Å². The number of sulfone groups is 1. The van der Waals surface area contributed by atoms with E-state index < -0.39 is 40.0 Å². The van der Waals surface area contributed by atoms with Crippen molar-refractivity contribution >= 4 is 15.7 Å². The Morgan fingerprint density at radius 3 is 2.37 bits per heavy atom. The number of benzene rings is 1. The molecule has 2 aliphatic rings. The fourth-order valence-corrected chi connectivity index (χ4v) is 6.22. The standard InChI is InChI=1S/C27H34F3N3O4S/c1-3-38(36,37)23-10-8-21(9-11-23)26(2,17-34)32-25(35)19-12-20-15-33(16-24(20)31-13-19)14-18-4-6-22(7-5-18)27(28,29)30/h8-13,18,22,34H,3-7,14-17H2,1-2H3,(H,32,35). The van der Waals surface area contributed by atoms with Gasteiger partial charge in [-0.25, -0.2) is 8.42 Å². The van der Waals surface area contributed by atoms with Crippen molar-refractivity contribution in [3.63, 3.8) is 0 Å². The maximum absolute atomic E-state index is 13.1. The summed E-state index contributed by atoms with van der Waals surface area (Å²) in [5, 5.41) is 12.9. The van der Waals surface area contributed by atoms with Crippen LogP contribution < -0.4 is 5.32 Å². The molecule has 0 saturated heterocycles. The number of hydrogen-bond donors (Lipinski definition) is 2. The number of rotatable bonds is 8. The van der Waals surface area contributed by atoms with Crippen LogP contribution in [0.25, 0.3) is 0 Å². The quantitative estimate of drug-likeness (QED) is 0.509.